The number of amides is 1. The number of carbonyl (C=O) groups is 1. The molecular weight excluding hydrogens is 252 g/mol. The number of ether oxygens (including phenoxy) is 1. The topological polar surface area (TPSA) is 55.6 Å². The number of hydrogen-bond acceptors (Lipinski definition) is 3. The van der Waals surface area contributed by atoms with Crippen LogP contribution in [0.2, 0.25) is 0 Å². The number of rotatable bonds is 1. The molecule has 0 aromatic carbocycles. The Morgan fingerprint density at radius 1 is 1.28 bits per heavy atom. The van der Waals surface area contributed by atoms with Crippen LogP contribution in [0.5, 0.6) is 0 Å². The van der Waals surface area contributed by atoms with Gasteiger partial charge in [0.05, 0.1) is 5.54 Å². The van der Waals surface area contributed by atoms with E-state index in [1.54, 1.807) is 0 Å². The van der Waals surface area contributed by atoms with E-state index in [4.69, 9.17) is 10.5 Å². The number of hydrogen-bond donors (Lipinski definition) is 1. The molecule has 2 rings (SSSR count). The smallest absolute Gasteiger partial charge is 0.242 e. The summed E-state index contributed by atoms with van der Waals surface area (Å²) in [6.45, 7) is 7.43. The maximum atomic E-state index is 12.5. The van der Waals surface area contributed by atoms with Crippen LogP contribution in [0.3, 0.4) is 0 Å². The van der Waals surface area contributed by atoms with Crippen LogP contribution < -0.4 is 5.73 Å². The first-order valence-electron chi connectivity index (χ1n) is 6.69. The Morgan fingerprint density at radius 3 is 2.44 bits per heavy atom. The van der Waals surface area contributed by atoms with Crippen LogP contribution in [0, 0.1) is 11.8 Å². The van der Waals surface area contributed by atoms with E-state index in [-0.39, 0.29) is 18.3 Å². The standard InChI is InChI=1S/C13H24N2O2.ClH/c1-10-3-6-15(9-11(10)2)12(16)13(14)4-7-17-8-5-13;/h10-11H,3-9,14H2,1-2H3;1H. The Labute approximate surface area is 116 Å². The van der Waals surface area contributed by atoms with E-state index >= 15 is 0 Å². The lowest BCUT2D eigenvalue weighted by molar-refractivity contribution is -0.143. The molecule has 2 fully saturated rings. The highest BCUT2D eigenvalue weighted by atomic mass is 35.5. The van der Waals surface area contributed by atoms with Crippen molar-refractivity contribution in [3.05, 3.63) is 0 Å². The normalized spacial score (nSPS) is 31.6. The molecule has 2 saturated heterocycles. The van der Waals surface area contributed by atoms with Gasteiger partial charge in [-0.1, -0.05) is 13.8 Å². The predicted molar refractivity (Wildman–Crippen MR) is 73.7 cm³/mol. The second kappa shape index (κ2) is 6.22. The quantitative estimate of drug-likeness (QED) is 0.788. The average molecular weight is 277 g/mol. The van der Waals surface area contributed by atoms with Gasteiger partial charge in [0.1, 0.15) is 0 Å². The number of nitrogens with zero attached hydrogens (tertiary/aromatic N) is 1. The molecule has 2 unspecified atom stereocenters. The van der Waals surface area contributed by atoms with Crippen LogP contribution >= 0.6 is 12.4 Å². The Morgan fingerprint density at radius 2 is 1.89 bits per heavy atom. The van der Waals surface area contributed by atoms with Gasteiger partial charge in [-0.25, -0.2) is 0 Å². The van der Waals surface area contributed by atoms with Gasteiger partial charge in [-0.3, -0.25) is 4.79 Å². The molecule has 0 spiro atoms. The Hall–Kier alpha value is -0.320. The van der Waals surface area contributed by atoms with Gasteiger partial charge in [0.15, 0.2) is 0 Å². The lowest BCUT2D eigenvalue weighted by Gasteiger charge is -2.41. The van der Waals surface area contributed by atoms with Crippen LogP contribution in [-0.2, 0) is 9.53 Å². The van der Waals surface area contributed by atoms with Crippen molar-refractivity contribution in [2.45, 2.75) is 38.6 Å². The van der Waals surface area contributed by atoms with Crippen molar-refractivity contribution in [3.63, 3.8) is 0 Å². The molecule has 1 amide bonds. The van der Waals surface area contributed by atoms with Gasteiger partial charge in [-0.05, 0) is 31.1 Å². The predicted octanol–water partition coefficient (Wildman–Crippen LogP) is 1.42. The van der Waals surface area contributed by atoms with Gasteiger partial charge < -0.3 is 15.4 Å². The fourth-order valence-corrected chi connectivity index (χ4v) is 2.71. The van der Waals surface area contributed by atoms with Crippen LogP contribution in [0.4, 0.5) is 0 Å². The van der Waals surface area contributed by atoms with Gasteiger partial charge in [0.2, 0.25) is 5.91 Å². The summed E-state index contributed by atoms with van der Waals surface area (Å²) in [4.78, 5) is 14.4. The van der Waals surface area contributed by atoms with E-state index in [0.29, 0.717) is 37.9 Å². The van der Waals surface area contributed by atoms with E-state index < -0.39 is 5.54 Å². The van der Waals surface area contributed by atoms with Gasteiger partial charge in [0.25, 0.3) is 0 Å². The average Bonchev–Trinajstić information content (AvgIpc) is 2.33. The number of piperidine rings is 1. The lowest BCUT2D eigenvalue weighted by atomic mass is 9.85. The van der Waals surface area contributed by atoms with Crippen molar-refractivity contribution in [1.82, 2.24) is 4.90 Å². The lowest BCUT2D eigenvalue weighted by Crippen LogP contribution is -2.59. The molecular formula is C13H25ClN2O2. The summed E-state index contributed by atoms with van der Waals surface area (Å²) in [5, 5.41) is 0. The summed E-state index contributed by atoms with van der Waals surface area (Å²) in [6.07, 6.45) is 2.41. The minimum Gasteiger partial charge on any atom is -0.381 e. The molecule has 2 atom stereocenters. The van der Waals surface area contributed by atoms with Gasteiger partial charge >= 0.3 is 0 Å². The maximum absolute atomic E-state index is 12.5. The van der Waals surface area contributed by atoms with E-state index in [0.717, 1.165) is 19.5 Å². The zero-order valence-corrected chi connectivity index (χ0v) is 12.2. The van der Waals surface area contributed by atoms with Gasteiger partial charge in [0, 0.05) is 26.3 Å². The molecule has 0 saturated carbocycles. The van der Waals surface area contributed by atoms with Crippen LogP contribution in [0.25, 0.3) is 0 Å². The monoisotopic (exact) mass is 276 g/mol. The van der Waals surface area contributed by atoms with E-state index in [1.165, 1.54) is 0 Å². The third-order valence-corrected chi connectivity index (χ3v) is 4.43. The first-order valence-corrected chi connectivity index (χ1v) is 6.69. The molecule has 5 heteroatoms. The van der Waals surface area contributed by atoms with Gasteiger partial charge in [-0.15, -0.1) is 12.4 Å². The summed E-state index contributed by atoms with van der Waals surface area (Å²) < 4.78 is 5.29. The molecule has 18 heavy (non-hydrogen) atoms. The highest BCUT2D eigenvalue weighted by Gasteiger charge is 2.40. The van der Waals surface area contributed by atoms with Crippen LogP contribution in [-0.4, -0.2) is 42.6 Å². The SMILES string of the molecule is CC1CCN(C(=O)C2(N)CCOCC2)CC1C.Cl. The molecule has 2 aliphatic heterocycles. The molecule has 106 valence electrons. The fraction of sp³-hybridized carbons (Fsp3) is 0.923. The largest absolute Gasteiger partial charge is 0.381 e. The highest BCUT2D eigenvalue weighted by molar-refractivity contribution is 5.86. The molecule has 2 N–H and O–H groups in total. The van der Waals surface area contributed by atoms with Crippen molar-refractivity contribution in [3.8, 4) is 0 Å². The fourth-order valence-electron chi connectivity index (χ4n) is 2.71. The second-order valence-electron chi connectivity index (χ2n) is 5.76. The zero-order chi connectivity index (χ0) is 12.5. The third-order valence-electron chi connectivity index (χ3n) is 4.43. The molecule has 2 aliphatic rings. The molecule has 0 bridgehead atoms. The van der Waals surface area contributed by atoms with Gasteiger partial charge in [-0.2, -0.15) is 0 Å². The van der Waals surface area contributed by atoms with Crippen molar-refractivity contribution in [2.75, 3.05) is 26.3 Å². The molecule has 0 aliphatic carbocycles. The van der Waals surface area contributed by atoms with Crippen molar-refractivity contribution >= 4 is 18.3 Å². The second-order valence-corrected chi connectivity index (χ2v) is 5.76. The van der Waals surface area contributed by atoms with E-state index in [2.05, 4.69) is 13.8 Å². The summed E-state index contributed by atoms with van der Waals surface area (Å²) >= 11 is 0. The number of carbonyl (C=O) groups excluding carboxylic acids is 1. The Kier molecular flexibility index (Phi) is 5.44. The summed E-state index contributed by atoms with van der Waals surface area (Å²) in [5.74, 6) is 1.43. The third kappa shape index (κ3) is 3.16. The molecule has 0 radical (unpaired) electrons. The minimum absolute atomic E-state index is 0. The number of likely N-dealkylation sites (tertiary alicyclic amines) is 1. The number of halogens is 1. The Bertz CT molecular complexity index is 293. The maximum Gasteiger partial charge on any atom is 0.242 e. The number of nitrogens with two attached hydrogens (primary N) is 1. The summed E-state index contributed by atoms with van der Waals surface area (Å²) in [7, 11) is 0. The molecule has 2 heterocycles. The highest BCUT2D eigenvalue weighted by Crippen LogP contribution is 2.27. The molecule has 4 nitrogen and oxygen atoms in total. The van der Waals surface area contributed by atoms with Crippen LogP contribution in [0.15, 0.2) is 0 Å². The van der Waals surface area contributed by atoms with E-state index in [9.17, 15) is 4.79 Å². The van der Waals surface area contributed by atoms with Crippen molar-refractivity contribution in [2.24, 2.45) is 17.6 Å². The van der Waals surface area contributed by atoms with E-state index in [1.807, 2.05) is 4.90 Å². The summed E-state index contributed by atoms with van der Waals surface area (Å²) in [5.41, 5.74) is 5.57. The molecule has 0 aromatic rings. The first kappa shape index (κ1) is 15.7. The van der Waals surface area contributed by atoms with Crippen molar-refractivity contribution in [1.29, 1.82) is 0 Å². The summed E-state index contributed by atoms with van der Waals surface area (Å²) in [6, 6.07) is 0. The van der Waals surface area contributed by atoms with Crippen LogP contribution in [0.1, 0.15) is 33.1 Å². The molecule has 0 aromatic heterocycles. The van der Waals surface area contributed by atoms with Crippen molar-refractivity contribution < 1.29 is 9.53 Å². The zero-order valence-electron chi connectivity index (χ0n) is 11.4. The minimum atomic E-state index is -0.668. The first-order chi connectivity index (χ1) is 8.03. The Balaban J connectivity index is 0.00000162.